The van der Waals surface area contributed by atoms with Crippen LogP contribution in [0.4, 0.5) is 10.8 Å². The number of nitrogens with zero attached hydrogens (tertiary/aromatic N) is 2. The number of aromatic nitrogens is 1. The van der Waals surface area contributed by atoms with E-state index in [2.05, 4.69) is 18.7 Å². The molecular formula is C13H17N3S. The zero-order valence-electron chi connectivity index (χ0n) is 10.2. The van der Waals surface area contributed by atoms with Crippen LogP contribution in [-0.2, 0) is 0 Å². The molecule has 1 aliphatic heterocycles. The van der Waals surface area contributed by atoms with Crippen molar-refractivity contribution in [3.8, 4) is 0 Å². The predicted octanol–water partition coefficient (Wildman–Crippen LogP) is 3.26. The Labute approximate surface area is 105 Å². The molecule has 1 saturated heterocycles. The summed E-state index contributed by atoms with van der Waals surface area (Å²) in [5.74, 6) is 0. The lowest BCUT2D eigenvalue weighted by atomic mass is 10.0. The Balaban J connectivity index is 2.06. The fraction of sp³-hybridized carbons (Fsp3) is 0.462. The Hall–Kier alpha value is -1.29. The number of nitrogen functional groups attached to an aromatic ring is 1. The maximum atomic E-state index is 5.81. The van der Waals surface area contributed by atoms with Crippen molar-refractivity contribution in [3.63, 3.8) is 0 Å². The molecule has 0 spiro atoms. The van der Waals surface area contributed by atoms with Crippen LogP contribution in [0.25, 0.3) is 10.2 Å². The SMILES string of the molecule is CC1(C)CCCN1c1nc2ccc(N)cc2s1. The van der Waals surface area contributed by atoms with Crippen molar-refractivity contribution in [3.05, 3.63) is 18.2 Å². The molecule has 0 radical (unpaired) electrons. The first-order chi connectivity index (χ1) is 8.06. The van der Waals surface area contributed by atoms with Crippen molar-refractivity contribution < 1.29 is 0 Å². The van der Waals surface area contributed by atoms with Crippen LogP contribution < -0.4 is 10.6 Å². The molecule has 0 amide bonds. The largest absolute Gasteiger partial charge is 0.399 e. The lowest BCUT2D eigenvalue weighted by molar-refractivity contribution is 0.517. The number of anilines is 2. The Morgan fingerprint density at radius 3 is 2.94 bits per heavy atom. The summed E-state index contributed by atoms with van der Waals surface area (Å²) in [4.78, 5) is 7.14. The van der Waals surface area contributed by atoms with E-state index in [0.717, 1.165) is 22.9 Å². The van der Waals surface area contributed by atoms with Gasteiger partial charge in [-0.15, -0.1) is 0 Å². The van der Waals surface area contributed by atoms with E-state index in [1.165, 1.54) is 17.5 Å². The van der Waals surface area contributed by atoms with Crippen LogP contribution in [0.3, 0.4) is 0 Å². The number of hydrogen-bond donors (Lipinski definition) is 1. The van der Waals surface area contributed by atoms with Crippen molar-refractivity contribution in [2.24, 2.45) is 0 Å². The first-order valence-corrected chi connectivity index (χ1v) is 6.82. The van der Waals surface area contributed by atoms with Crippen LogP contribution in [0, 0.1) is 0 Å². The number of thiazole rings is 1. The lowest BCUT2D eigenvalue weighted by Crippen LogP contribution is -2.37. The molecule has 2 N–H and O–H groups in total. The minimum atomic E-state index is 0.236. The van der Waals surface area contributed by atoms with Gasteiger partial charge in [0.05, 0.1) is 10.2 Å². The van der Waals surface area contributed by atoms with Gasteiger partial charge in [0.15, 0.2) is 5.13 Å². The average molecular weight is 247 g/mol. The van der Waals surface area contributed by atoms with E-state index >= 15 is 0 Å². The van der Waals surface area contributed by atoms with Crippen LogP contribution in [0.15, 0.2) is 18.2 Å². The Kier molecular flexibility index (Phi) is 2.30. The topological polar surface area (TPSA) is 42.2 Å². The summed E-state index contributed by atoms with van der Waals surface area (Å²) in [5.41, 5.74) is 7.91. The zero-order chi connectivity index (χ0) is 12.0. The van der Waals surface area contributed by atoms with Crippen LogP contribution in [0.2, 0.25) is 0 Å². The molecule has 4 heteroatoms. The third-order valence-electron chi connectivity index (χ3n) is 3.53. The van der Waals surface area contributed by atoms with E-state index in [4.69, 9.17) is 10.7 Å². The summed E-state index contributed by atoms with van der Waals surface area (Å²) >= 11 is 1.75. The van der Waals surface area contributed by atoms with Gasteiger partial charge in [0.25, 0.3) is 0 Å². The monoisotopic (exact) mass is 247 g/mol. The van der Waals surface area contributed by atoms with Crippen LogP contribution >= 0.6 is 11.3 Å². The van der Waals surface area contributed by atoms with Crippen molar-refractivity contribution >= 4 is 32.4 Å². The zero-order valence-corrected chi connectivity index (χ0v) is 11.0. The summed E-state index contributed by atoms with van der Waals surface area (Å²) in [6.07, 6.45) is 2.50. The maximum absolute atomic E-state index is 5.81. The van der Waals surface area contributed by atoms with E-state index in [1.54, 1.807) is 11.3 Å². The molecule has 1 aliphatic rings. The first kappa shape index (κ1) is 10.8. The van der Waals surface area contributed by atoms with E-state index in [9.17, 15) is 0 Å². The number of hydrogen-bond acceptors (Lipinski definition) is 4. The van der Waals surface area contributed by atoms with Gasteiger partial charge < -0.3 is 10.6 Å². The van der Waals surface area contributed by atoms with Gasteiger partial charge in [-0.1, -0.05) is 11.3 Å². The van der Waals surface area contributed by atoms with Crippen LogP contribution in [0.5, 0.6) is 0 Å². The summed E-state index contributed by atoms with van der Waals surface area (Å²) < 4.78 is 1.18. The fourth-order valence-corrected chi connectivity index (χ4v) is 3.71. The molecule has 3 rings (SSSR count). The molecule has 90 valence electrons. The normalized spacial score (nSPS) is 19.1. The van der Waals surface area contributed by atoms with E-state index in [0.29, 0.717) is 0 Å². The van der Waals surface area contributed by atoms with Gasteiger partial charge in [0, 0.05) is 17.8 Å². The maximum Gasteiger partial charge on any atom is 0.186 e. The number of benzene rings is 1. The molecule has 0 saturated carbocycles. The van der Waals surface area contributed by atoms with Crippen molar-refractivity contribution in [2.75, 3.05) is 17.2 Å². The van der Waals surface area contributed by atoms with Gasteiger partial charge in [0.2, 0.25) is 0 Å². The quantitative estimate of drug-likeness (QED) is 0.786. The van der Waals surface area contributed by atoms with Crippen molar-refractivity contribution in [1.29, 1.82) is 0 Å². The molecule has 1 aromatic carbocycles. The second-order valence-electron chi connectivity index (χ2n) is 5.29. The predicted molar refractivity (Wildman–Crippen MR) is 74.7 cm³/mol. The molecule has 0 unspecified atom stereocenters. The van der Waals surface area contributed by atoms with Gasteiger partial charge in [-0.25, -0.2) is 4.98 Å². The van der Waals surface area contributed by atoms with Crippen LogP contribution in [-0.4, -0.2) is 17.1 Å². The minimum Gasteiger partial charge on any atom is -0.399 e. The van der Waals surface area contributed by atoms with Gasteiger partial charge in [0.1, 0.15) is 0 Å². The average Bonchev–Trinajstić information content (AvgIpc) is 2.79. The summed E-state index contributed by atoms with van der Waals surface area (Å²) in [6.45, 7) is 5.70. The van der Waals surface area contributed by atoms with Gasteiger partial charge in [-0.2, -0.15) is 0 Å². The second-order valence-corrected chi connectivity index (χ2v) is 6.30. The Morgan fingerprint density at radius 2 is 2.24 bits per heavy atom. The van der Waals surface area contributed by atoms with E-state index < -0.39 is 0 Å². The Bertz CT molecular complexity index is 559. The molecule has 0 bridgehead atoms. The second kappa shape index (κ2) is 3.60. The minimum absolute atomic E-state index is 0.236. The molecule has 0 atom stereocenters. The highest BCUT2D eigenvalue weighted by atomic mass is 32.1. The highest BCUT2D eigenvalue weighted by molar-refractivity contribution is 7.22. The fourth-order valence-electron chi connectivity index (χ4n) is 2.51. The van der Waals surface area contributed by atoms with Crippen molar-refractivity contribution in [2.45, 2.75) is 32.2 Å². The van der Waals surface area contributed by atoms with E-state index in [1.807, 2.05) is 18.2 Å². The molecular weight excluding hydrogens is 230 g/mol. The lowest BCUT2D eigenvalue weighted by Gasteiger charge is -2.31. The molecule has 17 heavy (non-hydrogen) atoms. The number of nitrogens with two attached hydrogens (primary N) is 1. The van der Waals surface area contributed by atoms with Crippen LogP contribution in [0.1, 0.15) is 26.7 Å². The molecule has 3 nitrogen and oxygen atoms in total. The van der Waals surface area contributed by atoms with Gasteiger partial charge in [-0.3, -0.25) is 0 Å². The number of rotatable bonds is 1. The van der Waals surface area contributed by atoms with Gasteiger partial charge >= 0.3 is 0 Å². The summed E-state index contributed by atoms with van der Waals surface area (Å²) in [5, 5.41) is 1.13. The smallest absolute Gasteiger partial charge is 0.186 e. The third kappa shape index (κ3) is 1.76. The molecule has 2 heterocycles. The molecule has 1 fully saturated rings. The van der Waals surface area contributed by atoms with Crippen molar-refractivity contribution in [1.82, 2.24) is 4.98 Å². The highest BCUT2D eigenvalue weighted by Gasteiger charge is 2.33. The third-order valence-corrected chi connectivity index (χ3v) is 4.57. The summed E-state index contributed by atoms with van der Waals surface area (Å²) in [7, 11) is 0. The van der Waals surface area contributed by atoms with Gasteiger partial charge in [-0.05, 0) is 44.9 Å². The molecule has 1 aromatic heterocycles. The molecule has 2 aromatic rings. The summed E-state index contributed by atoms with van der Waals surface area (Å²) in [6, 6.07) is 5.94. The highest BCUT2D eigenvalue weighted by Crippen LogP contribution is 2.38. The van der Waals surface area contributed by atoms with E-state index in [-0.39, 0.29) is 5.54 Å². The number of fused-ring (bicyclic) bond motifs is 1. The standard InChI is InChI=1S/C13H17N3S/c1-13(2)6-3-7-16(13)12-15-10-5-4-9(14)8-11(10)17-12/h4-5,8H,3,6-7,14H2,1-2H3. The molecule has 0 aliphatic carbocycles. The Morgan fingerprint density at radius 1 is 1.41 bits per heavy atom. The first-order valence-electron chi connectivity index (χ1n) is 6.00.